The molecule has 0 saturated heterocycles. The van der Waals surface area contributed by atoms with Crippen molar-refractivity contribution in [1.29, 1.82) is 0 Å². The Morgan fingerprint density at radius 2 is 1.64 bits per heavy atom. The van der Waals surface area contributed by atoms with Crippen molar-refractivity contribution >= 4 is 9.28 Å². The lowest BCUT2D eigenvalue weighted by molar-refractivity contribution is 0.129. The number of rotatable bonds is 8. The second-order valence-electron chi connectivity index (χ2n) is 4.02. The zero-order valence-electron chi connectivity index (χ0n) is 9.95. The fourth-order valence-corrected chi connectivity index (χ4v) is 3.32. The third-order valence-electron chi connectivity index (χ3n) is 1.70. The Hall–Kier alpha value is -0.123. The number of hydrogen-bond donors (Lipinski definition) is 0. The Morgan fingerprint density at radius 3 is 2.00 bits per heavy atom. The summed E-state index contributed by atoms with van der Waals surface area (Å²) in [6, 6.07) is 1.09. The largest absolute Gasteiger partial charge is 0.394 e. The van der Waals surface area contributed by atoms with Gasteiger partial charge in [0, 0.05) is 12.2 Å². The molecule has 0 aromatic rings. The molecule has 14 heavy (non-hydrogen) atoms. The van der Waals surface area contributed by atoms with Crippen LogP contribution in [-0.4, -0.2) is 21.5 Å². The van der Waals surface area contributed by atoms with E-state index in [0.717, 1.165) is 18.9 Å². The summed E-state index contributed by atoms with van der Waals surface area (Å²) in [6.45, 7) is 12.0. The van der Waals surface area contributed by atoms with Crippen molar-refractivity contribution in [1.82, 2.24) is 0 Å². The van der Waals surface area contributed by atoms with Gasteiger partial charge in [-0.05, 0) is 46.6 Å². The van der Waals surface area contributed by atoms with E-state index in [9.17, 15) is 0 Å². The zero-order chi connectivity index (χ0) is 11.0. The van der Waals surface area contributed by atoms with Gasteiger partial charge in [0.25, 0.3) is 0 Å². The first-order chi connectivity index (χ1) is 6.56. The number of unbranched alkanes of at least 4 members (excludes halogenated alkanes) is 1. The van der Waals surface area contributed by atoms with Crippen molar-refractivity contribution < 1.29 is 8.85 Å². The first kappa shape index (κ1) is 13.9. The van der Waals surface area contributed by atoms with Gasteiger partial charge in [0.05, 0.1) is 0 Å². The fraction of sp³-hybridized carbons (Fsp3) is 0.818. The van der Waals surface area contributed by atoms with E-state index >= 15 is 0 Å². The summed E-state index contributed by atoms with van der Waals surface area (Å²) in [5, 5.41) is 0. The molecule has 0 aromatic carbocycles. The van der Waals surface area contributed by atoms with Gasteiger partial charge in [0.2, 0.25) is 0 Å². The molecule has 0 heterocycles. The SMILES string of the molecule is C=CCCC[SiH](OC(C)C)OC(C)C. The zero-order valence-corrected chi connectivity index (χ0v) is 11.1. The molecule has 0 aliphatic rings. The highest BCUT2D eigenvalue weighted by Gasteiger charge is 2.15. The van der Waals surface area contributed by atoms with E-state index in [0.29, 0.717) is 0 Å². The molecule has 3 heteroatoms. The lowest BCUT2D eigenvalue weighted by Gasteiger charge is -2.21. The van der Waals surface area contributed by atoms with Crippen LogP contribution in [0.1, 0.15) is 40.5 Å². The van der Waals surface area contributed by atoms with Crippen LogP contribution >= 0.6 is 0 Å². The van der Waals surface area contributed by atoms with Crippen LogP contribution in [0.3, 0.4) is 0 Å². The summed E-state index contributed by atoms with van der Waals surface area (Å²) in [5.41, 5.74) is 0. The Balaban J connectivity index is 3.77. The van der Waals surface area contributed by atoms with Crippen LogP contribution in [0.4, 0.5) is 0 Å². The third kappa shape index (κ3) is 8.47. The highest BCUT2D eigenvalue weighted by Crippen LogP contribution is 2.09. The Labute approximate surface area is 90.2 Å². The van der Waals surface area contributed by atoms with Crippen LogP contribution in [-0.2, 0) is 8.85 Å². The van der Waals surface area contributed by atoms with E-state index in [2.05, 4.69) is 34.3 Å². The first-order valence-corrected chi connectivity index (χ1v) is 7.24. The lowest BCUT2D eigenvalue weighted by Crippen LogP contribution is -2.29. The highest BCUT2D eigenvalue weighted by atomic mass is 28.3. The predicted octanol–water partition coefficient (Wildman–Crippen LogP) is 3.02. The minimum absolute atomic E-state index is 0.286. The van der Waals surface area contributed by atoms with Crippen molar-refractivity contribution in [3.63, 3.8) is 0 Å². The summed E-state index contributed by atoms with van der Waals surface area (Å²) in [4.78, 5) is 0. The Kier molecular flexibility index (Phi) is 8.13. The molecule has 0 atom stereocenters. The summed E-state index contributed by atoms with van der Waals surface area (Å²) < 4.78 is 11.6. The van der Waals surface area contributed by atoms with Gasteiger partial charge in [-0.1, -0.05) is 6.08 Å². The maximum atomic E-state index is 5.79. The molecule has 0 bridgehead atoms. The molecule has 0 saturated carbocycles. The molecule has 0 aromatic heterocycles. The molecule has 0 N–H and O–H groups in total. The minimum atomic E-state index is -1.43. The van der Waals surface area contributed by atoms with E-state index in [4.69, 9.17) is 8.85 Å². The molecule has 0 radical (unpaired) electrons. The maximum absolute atomic E-state index is 5.79. The van der Waals surface area contributed by atoms with E-state index < -0.39 is 9.28 Å². The molecule has 2 nitrogen and oxygen atoms in total. The van der Waals surface area contributed by atoms with Crippen LogP contribution in [0.5, 0.6) is 0 Å². The molecule has 84 valence electrons. The third-order valence-corrected chi connectivity index (χ3v) is 4.27. The van der Waals surface area contributed by atoms with Gasteiger partial charge in [-0.2, -0.15) is 0 Å². The van der Waals surface area contributed by atoms with E-state index in [1.54, 1.807) is 0 Å². The maximum Gasteiger partial charge on any atom is 0.321 e. The van der Waals surface area contributed by atoms with E-state index in [1.807, 2.05) is 6.08 Å². The standard InChI is InChI=1S/C11H24O2Si/c1-6-7-8-9-14(12-10(2)3)13-11(4)5/h6,10-11,14H,1,7-9H2,2-5H3. The minimum Gasteiger partial charge on any atom is -0.394 e. The Morgan fingerprint density at radius 1 is 1.14 bits per heavy atom. The summed E-state index contributed by atoms with van der Waals surface area (Å²) in [7, 11) is -1.43. The van der Waals surface area contributed by atoms with Gasteiger partial charge in [0.15, 0.2) is 0 Å². The summed E-state index contributed by atoms with van der Waals surface area (Å²) in [5.74, 6) is 0. The van der Waals surface area contributed by atoms with Crippen molar-refractivity contribution in [2.24, 2.45) is 0 Å². The van der Waals surface area contributed by atoms with E-state index in [1.165, 1.54) is 0 Å². The molecule has 0 spiro atoms. The molecule has 0 fully saturated rings. The van der Waals surface area contributed by atoms with Gasteiger partial charge in [-0.25, -0.2) is 0 Å². The molecule has 0 amide bonds. The predicted molar refractivity (Wildman–Crippen MR) is 63.8 cm³/mol. The number of hydrogen-bond acceptors (Lipinski definition) is 2. The quantitative estimate of drug-likeness (QED) is 0.353. The van der Waals surface area contributed by atoms with Crippen LogP contribution in [0.25, 0.3) is 0 Å². The van der Waals surface area contributed by atoms with Gasteiger partial charge in [-0.3, -0.25) is 0 Å². The van der Waals surface area contributed by atoms with Crippen LogP contribution in [0, 0.1) is 0 Å². The van der Waals surface area contributed by atoms with Crippen molar-refractivity contribution in [3.05, 3.63) is 12.7 Å². The molecule has 0 unspecified atom stereocenters. The van der Waals surface area contributed by atoms with E-state index in [-0.39, 0.29) is 12.2 Å². The summed E-state index contributed by atoms with van der Waals surface area (Å²) >= 11 is 0. The van der Waals surface area contributed by atoms with Crippen molar-refractivity contribution in [2.75, 3.05) is 0 Å². The van der Waals surface area contributed by atoms with Gasteiger partial charge in [-0.15, -0.1) is 6.58 Å². The second kappa shape index (κ2) is 8.21. The molecular formula is C11H24O2Si. The first-order valence-electron chi connectivity index (χ1n) is 5.48. The fourth-order valence-electron chi connectivity index (χ4n) is 1.20. The molecular weight excluding hydrogens is 192 g/mol. The van der Waals surface area contributed by atoms with Crippen LogP contribution in [0.2, 0.25) is 6.04 Å². The lowest BCUT2D eigenvalue weighted by atomic mass is 10.3. The van der Waals surface area contributed by atoms with Gasteiger partial charge < -0.3 is 8.85 Å². The molecule has 0 aliphatic carbocycles. The van der Waals surface area contributed by atoms with Crippen LogP contribution < -0.4 is 0 Å². The van der Waals surface area contributed by atoms with Crippen molar-refractivity contribution in [3.8, 4) is 0 Å². The highest BCUT2D eigenvalue weighted by molar-refractivity contribution is 6.44. The molecule has 0 rings (SSSR count). The monoisotopic (exact) mass is 216 g/mol. The normalized spacial score (nSPS) is 11.6. The molecule has 0 aliphatic heterocycles. The number of allylic oxidation sites excluding steroid dienone is 1. The van der Waals surface area contributed by atoms with Gasteiger partial charge >= 0.3 is 9.28 Å². The topological polar surface area (TPSA) is 18.5 Å². The van der Waals surface area contributed by atoms with Gasteiger partial charge in [0.1, 0.15) is 0 Å². The smallest absolute Gasteiger partial charge is 0.321 e. The average Bonchev–Trinajstić information content (AvgIpc) is 2.02. The second-order valence-corrected chi connectivity index (χ2v) is 6.00. The Bertz CT molecular complexity index is 136. The van der Waals surface area contributed by atoms with Crippen molar-refractivity contribution in [2.45, 2.75) is 58.8 Å². The summed E-state index contributed by atoms with van der Waals surface area (Å²) in [6.07, 6.45) is 4.73. The van der Waals surface area contributed by atoms with Crippen LogP contribution in [0.15, 0.2) is 12.7 Å². The average molecular weight is 216 g/mol.